The summed E-state index contributed by atoms with van der Waals surface area (Å²) in [5.74, 6) is -0.254. The van der Waals surface area contributed by atoms with Gasteiger partial charge in [0.15, 0.2) is 0 Å². The number of rotatable bonds is 5. The summed E-state index contributed by atoms with van der Waals surface area (Å²) in [6.07, 6.45) is 1.37. The fraction of sp³-hybridized carbons (Fsp3) is 0.278. The highest BCUT2D eigenvalue weighted by Gasteiger charge is 2.44. The van der Waals surface area contributed by atoms with Crippen LogP contribution < -0.4 is 5.32 Å². The van der Waals surface area contributed by atoms with Crippen molar-refractivity contribution in [2.75, 3.05) is 11.9 Å². The third-order valence-electron chi connectivity index (χ3n) is 4.03. The number of carbonyl (C=O) groups is 1. The summed E-state index contributed by atoms with van der Waals surface area (Å²) in [6.45, 7) is 0.114. The van der Waals surface area contributed by atoms with Crippen LogP contribution in [0.4, 0.5) is 10.1 Å². The number of aliphatic hydroxyl groups is 1. The summed E-state index contributed by atoms with van der Waals surface area (Å²) >= 11 is 0. The van der Waals surface area contributed by atoms with Gasteiger partial charge in [0, 0.05) is 18.2 Å². The zero-order valence-corrected chi connectivity index (χ0v) is 12.1. The van der Waals surface area contributed by atoms with Gasteiger partial charge in [-0.15, -0.1) is 0 Å². The van der Waals surface area contributed by atoms with Gasteiger partial charge in [0.1, 0.15) is 5.82 Å². The molecule has 4 heteroatoms. The second kappa shape index (κ2) is 6.28. The van der Waals surface area contributed by atoms with Crippen LogP contribution in [0.5, 0.6) is 0 Å². The molecule has 3 rings (SSSR count). The van der Waals surface area contributed by atoms with E-state index in [1.165, 1.54) is 12.1 Å². The number of nitrogens with one attached hydrogen (secondary N) is 1. The Hall–Kier alpha value is -2.20. The van der Waals surface area contributed by atoms with Crippen molar-refractivity contribution >= 4 is 11.6 Å². The van der Waals surface area contributed by atoms with E-state index < -0.39 is 0 Å². The molecule has 114 valence electrons. The number of anilines is 1. The topological polar surface area (TPSA) is 49.3 Å². The van der Waals surface area contributed by atoms with Crippen LogP contribution in [0, 0.1) is 11.7 Å². The van der Waals surface area contributed by atoms with Gasteiger partial charge in [0.25, 0.3) is 0 Å². The highest BCUT2D eigenvalue weighted by Crippen LogP contribution is 2.48. The predicted octanol–water partition coefficient (Wildman–Crippen LogP) is 3.10. The van der Waals surface area contributed by atoms with Gasteiger partial charge in [-0.2, -0.15) is 0 Å². The number of amides is 1. The Morgan fingerprint density at radius 2 is 2.00 bits per heavy atom. The minimum atomic E-state index is -0.261. The smallest absolute Gasteiger partial charge is 0.228 e. The molecule has 1 fully saturated rings. The first kappa shape index (κ1) is 14.7. The Morgan fingerprint density at radius 1 is 1.23 bits per heavy atom. The molecule has 22 heavy (non-hydrogen) atoms. The van der Waals surface area contributed by atoms with E-state index in [-0.39, 0.29) is 30.2 Å². The van der Waals surface area contributed by atoms with E-state index in [1.54, 1.807) is 6.07 Å². The van der Waals surface area contributed by atoms with Crippen LogP contribution in [-0.2, 0) is 11.2 Å². The molecule has 0 aliphatic heterocycles. The molecule has 0 spiro atoms. The molecule has 2 atom stereocenters. The molecule has 0 unspecified atom stereocenters. The summed E-state index contributed by atoms with van der Waals surface area (Å²) in [4.78, 5) is 12.2. The fourth-order valence-corrected chi connectivity index (χ4v) is 2.71. The second-order valence-electron chi connectivity index (χ2n) is 5.66. The van der Waals surface area contributed by atoms with Crippen LogP contribution in [0.25, 0.3) is 0 Å². The molecule has 0 bridgehead atoms. The average molecular weight is 299 g/mol. The lowest BCUT2D eigenvalue weighted by Crippen LogP contribution is -2.14. The van der Waals surface area contributed by atoms with E-state index in [1.807, 2.05) is 30.3 Å². The lowest BCUT2D eigenvalue weighted by atomic mass is 10.1. The number of aliphatic hydroxyl groups excluding tert-OH is 1. The average Bonchev–Trinajstić information content (AvgIpc) is 3.30. The molecular formula is C18H18FNO2. The maximum absolute atomic E-state index is 13.2. The normalized spacial score (nSPS) is 19.7. The Bertz CT molecular complexity index is 669. The fourth-order valence-electron chi connectivity index (χ4n) is 2.71. The van der Waals surface area contributed by atoms with E-state index in [0.717, 1.165) is 23.2 Å². The van der Waals surface area contributed by atoms with Gasteiger partial charge in [0.05, 0.1) is 0 Å². The molecule has 2 aromatic rings. The number of hydrogen-bond donors (Lipinski definition) is 2. The van der Waals surface area contributed by atoms with Crippen LogP contribution >= 0.6 is 0 Å². The van der Waals surface area contributed by atoms with Gasteiger partial charge >= 0.3 is 0 Å². The van der Waals surface area contributed by atoms with Crippen molar-refractivity contribution in [3.8, 4) is 0 Å². The molecule has 1 aliphatic carbocycles. The van der Waals surface area contributed by atoms with Crippen molar-refractivity contribution in [3.05, 3.63) is 65.5 Å². The first-order valence-electron chi connectivity index (χ1n) is 7.43. The molecule has 1 aliphatic rings. The SMILES string of the molecule is O=C(Nc1ccc(CCO)cc1)[C@@H]1C[C@@H]1c1cccc(F)c1. The number of benzene rings is 2. The van der Waals surface area contributed by atoms with Crippen LogP contribution in [0.3, 0.4) is 0 Å². The van der Waals surface area contributed by atoms with Crippen molar-refractivity contribution in [1.29, 1.82) is 0 Å². The van der Waals surface area contributed by atoms with Crippen LogP contribution in [0.15, 0.2) is 48.5 Å². The minimum absolute atomic E-state index is 0.0239. The highest BCUT2D eigenvalue weighted by molar-refractivity contribution is 5.95. The maximum Gasteiger partial charge on any atom is 0.228 e. The van der Waals surface area contributed by atoms with Gasteiger partial charge in [0.2, 0.25) is 5.91 Å². The van der Waals surface area contributed by atoms with E-state index in [4.69, 9.17) is 5.11 Å². The van der Waals surface area contributed by atoms with Gasteiger partial charge in [-0.1, -0.05) is 24.3 Å². The van der Waals surface area contributed by atoms with E-state index in [2.05, 4.69) is 5.32 Å². The Labute approximate surface area is 128 Å². The third kappa shape index (κ3) is 3.34. The minimum Gasteiger partial charge on any atom is -0.396 e. The van der Waals surface area contributed by atoms with Crippen molar-refractivity contribution < 1.29 is 14.3 Å². The highest BCUT2D eigenvalue weighted by atomic mass is 19.1. The third-order valence-corrected chi connectivity index (χ3v) is 4.03. The number of hydrogen-bond acceptors (Lipinski definition) is 2. The molecule has 0 saturated heterocycles. The van der Waals surface area contributed by atoms with Crippen LogP contribution in [0.1, 0.15) is 23.5 Å². The molecule has 2 aromatic carbocycles. The summed E-state index contributed by atoms with van der Waals surface area (Å²) in [6, 6.07) is 13.9. The molecule has 1 saturated carbocycles. The zero-order valence-electron chi connectivity index (χ0n) is 12.1. The summed E-state index contributed by atoms with van der Waals surface area (Å²) in [7, 11) is 0. The van der Waals surface area contributed by atoms with Crippen molar-refractivity contribution in [1.82, 2.24) is 0 Å². The molecule has 2 N–H and O–H groups in total. The lowest BCUT2D eigenvalue weighted by Gasteiger charge is -2.06. The van der Waals surface area contributed by atoms with E-state index in [0.29, 0.717) is 6.42 Å². The molecule has 0 aromatic heterocycles. The lowest BCUT2D eigenvalue weighted by molar-refractivity contribution is -0.117. The molecule has 0 heterocycles. The van der Waals surface area contributed by atoms with Crippen LogP contribution in [-0.4, -0.2) is 17.6 Å². The molecular weight excluding hydrogens is 281 g/mol. The van der Waals surface area contributed by atoms with Crippen molar-refractivity contribution in [2.24, 2.45) is 5.92 Å². The summed E-state index contributed by atoms with van der Waals surface area (Å²) < 4.78 is 13.2. The maximum atomic E-state index is 13.2. The van der Waals surface area contributed by atoms with Gasteiger partial charge in [-0.25, -0.2) is 4.39 Å². The van der Waals surface area contributed by atoms with Crippen LogP contribution in [0.2, 0.25) is 0 Å². The van der Waals surface area contributed by atoms with Gasteiger partial charge < -0.3 is 10.4 Å². The quantitative estimate of drug-likeness (QED) is 0.891. The predicted molar refractivity (Wildman–Crippen MR) is 83.1 cm³/mol. The summed E-state index contributed by atoms with van der Waals surface area (Å²) in [5, 5.41) is 11.8. The second-order valence-corrected chi connectivity index (χ2v) is 5.66. The number of carbonyl (C=O) groups excluding carboxylic acids is 1. The van der Waals surface area contributed by atoms with Gasteiger partial charge in [-0.05, 0) is 54.2 Å². The first-order valence-corrected chi connectivity index (χ1v) is 7.43. The van der Waals surface area contributed by atoms with E-state index >= 15 is 0 Å². The number of halogens is 1. The Morgan fingerprint density at radius 3 is 2.68 bits per heavy atom. The first-order chi connectivity index (χ1) is 10.7. The molecule has 1 amide bonds. The summed E-state index contributed by atoms with van der Waals surface area (Å²) in [5.41, 5.74) is 2.67. The van der Waals surface area contributed by atoms with Gasteiger partial charge in [-0.3, -0.25) is 4.79 Å². The van der Waals surface area contributed by atoms with Crippen molar-refractivity contribution in [2.45, 2.75) is 18.8 Å². The van der Waals surface area contributed by atoms with Crippen molar-refractivity contribution in [3.63, 3.8) is 0 Å². The molecule has 0 radical (unpaired) electrons. The zero-order chi connectivity index (χ0) is 15.5. The Kier molecular flexibility index (Phi) is 4.20. The van der Waals surface area contributed by atoms with E-state index in [9.17, 15) is 9.18 Å². The monoisotopic (exact) mass is 299 g/mol. The largest absolute Gasteiger partial charge is 0.396 e. The molecule has 3 nitrogen and oxygen atoms in total. The standard InChI is InChI=1S/C18H18FNO2/c19-14-3-1-2-13(10-14)16-11-17(16)18(22)20-15-6-4-12(5-7-15)8-9-21/h1-7,10,16-17,21H,8-9,11H2,(H,20,22)/t16-,17-/m1/s1. The Balaban J connectivity index is 1.59.